The Hall–Kier alpha value is -1.51. The molecule has 0 heterocycles. The van der Waals surface area contributed by atoms with Gasteiger partial charge in [0.1, 0.15) is 0 Å². The van der Waals surface area contributed by atoms with Crippen molar-refractivity contribution in [1.29, 1.82) is 0 Å². The van der Waals surface area contributed by atoms with Crippen LogP contribution in [0, 0.1) is 6.92 Å². The number of carbonyl (C=O) groups is 1. The van der Waals surface area contributed by atoms with Crippen LogP contribution in [0.4, 0.5) is 0 Å². The number of hydrogen-bond acceptors (Lipinski definition) is 3. The van der Waals surface area contributed by atoms with Crippen LogP contribution in [0.3, 0.4) is 0 Å². The lowest BCUT2D eigenvalue weighted by molar-refractivity contribution is 0.101. The number of ketones is 1. The van der Waals surface area contributed by atoms with Gasteiger partial charge in [0.2, 0.25) is 0 Å². The van der Waals surface area contributed by atoms with Crippen LogP contribution in [-0.4, -0.2) is 18.0 Å². The third-order valence-corrected chi connectivity index (χ3v) is 1.82. The van der Waals surface area contributed by atoms with Gasteiger partial charge in [0.05, 0.1) is 12.7 Å². The quantitative estimate of drug-likeness (QED) is 0.707. The molecule has 3 heteroatoms. The molecule has 0 aliphatic rings. The third kappa shape index (κ3) is 1.80. The maximum atomic E-state index is 11.1. The van der Waals surface area contributed by atoms with Gasteiger partial charge in [-0.2, -0.15) is 0 Å². The molecular weight excluding hydrogens is 168 g/mol. The molecule has 13 heavy (non-hydrogen) atoms. The predicted molar refractivity (Wildman–Crippen MR) is 49.4 cm³/mol. The Morgan fingerprint density at radius 3 is 2.54 bits per heavy atom. The van der Waals surface area contributed by atoms with E-state index in [1.165, 1.54) is 14.0 Å². The molecule has 1 aromatic carbocycles. The van der Waals surface area contributed by atoms with Crippen molar-refractivity contribution in [3.05, 3.63) is 23.3 Å². The van der Waals surface area contributed by atoms with Crippen molar-refractivity contribution in [3.8, 4) is 11.5 Å². The molecule has 0 aromatic heterocycles. The molecule has 0 fully saturated rings. The topological polar surface area (TPSA) is 46.5 Å². The number of carbonyl (C=O) groups excluding carboxylic acids is 1. The summed E-state index contributed by atoms with van der Waals surface area (Å²) in [5.74, 6) is 0.0882. The molecule has 3 nitrogen and oxygen atoms in total. The van der Waals surface area contributed by atoms with Crippen molar-refractivity contribution >= 4 is 5.78 Å². The van der Waals surface area contributed by atoms with E-state index in [-0.39, 0.29) is 11.5 Å². The van der Waals surface area contributed by atoms with Crippen LogP contribution in [0.5, 0.6) is 11.5 Å². The van der Waals surface area contributed by atoms with Crippen LogP contribution in [0.2, 0.25) is 0 Å². The zero-order valence-electron chi connectivity index (χ0n) is 7.92. The lowest BCUT2D eigenvalue weighted by Crippen LogP contribution is -1.96. The first kappa shape index (κ1) is 9.58. The average Bonchev–Trinajstić information content (AvgIpc) is 2.08. The molecule has 0 spiro atoms. The van der Waals surface area contributed by atoms with Gasteiger partial charge >= 0.3 is 0 Å². The van der Waals surface area contributed by atoms with Gasteiger partial charge in [0.15, 0.2) is 17.3 Å². The summed E-state index contributed by atoms with van der Waals surface area (Å²) in [4.78, 5) is 11.1. The Morgan fingerprint density at radius 1 is 1.46 bits per heavy atom. The summed E-state index contributed by atoms with van der Waals surface area (Å²) in [7, 11) is 1.46. The van der Waals surface area contributed by atoms with E-state index < -0.39 is 0 Å². The minimum absolute atomic E-state index is 0.0828. The van der Waals surface area contributed by atoms with Crippen LogP contribution in [0.25, 0.3) is 0 Å². The summed E-state index contributed by atoms with van der Waals surface area (Å²) in [6.07, 6.45) is 0. The summed E-state index contributed by atoms with van der Waals surface area (Å²) in [5, 5.41) is 9.54. The highest BCUT2D eigenvalue weighted by atomic mass is 16.5. The van der Waals surface area contributed by atoms with Crippen molar-refractivity contribution in [2.24, 2.45) is 0 Å². The summed E-state index contributed by atoms with van der Waals surface area (Å²) in [6, 6.07) is 3.32. The number of methoxy groups -OCH3 is 1. The molecule has 0 amide bonds. The fourth-order valence-corrected chi connectivity index (χ4v) is 1.17. The van der Waals surface area contributed by atoms with Gasteiger partial charge in [-0.05, 0) is 31.5 Å². The molecule has 0 saturated carbocycles. The minimum atomic E-state index is -0.167. The van der Waals surface area contributed by atoms with Crippen LogP contribution in [-0.2, 0) is 0 Å². The van der Waals surface area contributed by atoms with Crippen LogP contribution in [0.15, 0.2) is 12.1 Å². The first-order chi connectivity index (χ1) is 6.06. The van der Waals surface area contributed by atoms with E-state index in [1.54, 1.807) is 12.1 Å². The van der Waals surface area contributed by atoms with E-state index in [0.29, 0.717) is 11.3 Å². The van der Waals surface area contributed by atoms with Crippen molar-refractivity contribution in [2.75, 3.05) is 7.11 Å². The molecule has 1 aromatic rings. The number of aromatic hydroxyl groups is 1. The maximum Gasteiger partial charge on any atom is 0.168 e. The Kier molecular flexibility index (Phi) is 2.56. The summed E-state index contributed by atoms with van der Waals surface area (Å²) >= 11 is 0. The second-order valence-corrected chi connectivity index (χ2v) is 2.92. The van der Waals surface area contributed by atoms with Crippen molar-refractivity contribution in [1.82, 2.24) is 0 Å². The van der Waals surface area contributed by atoms with E-state index in [1.807, 2.05) is 6.92 Å². The molecule has 1 rings (SSSR count). The average molecular weight is 180 g/mol. The van der Waals surface area contributed by atoms with E-state index in [0.717, 1.165) is 5.56 Å². The lowest BCUT2D eigenvalue weighted by atomic mass is 10.1. The standard InChI is InChI=1S/C10H12O3/c1-6-4-8(7(2)11)10(12)9(5-6)13-3/h4-5,12H,1-3H3. The highest BCUT2D eigenvalue weighted by molar-refractivity contribution is 5.97. The van der Waals surface area contributed by atoms with Crippen LogP contribution in [0.1, 0.15) is 22.8 Å². The molecule has 0 aliphatic heterocycles. The Morgan fingerprint density at radius 2 is 2.08 bits per heavy atom. The Bertz CT molecular complexity index is 342. The molecule has 0 saturated heterocycles. The summed E-state index contributed by atoms with van der Waals surface area (Å²) < 4.78 is 4.91. The minimum Gasteiger partial charge on any atom is -0.504 e. The highest BCUT2D eigenvalue weighted by Gasteiger charge is 2.11. The summed E-state index contributed by atoms with van der Waals surface area (Å²) in [6.45, 7) is 3.25. The zero-order chi connectivity index (χ0) is 10.0. The number of rotatable bonds is 2. The van der Waals surface area contributed by atoms with Gasteiger partial charge < -0.3 is 9.84 Å². The number of benzene rings is 1. The summed E-state index contributed by atoms with van der Waals surface area (Å²) in [5.41, 5.74) is 1.19. The van der Waals surface area contributed by atoms with E-state index in [4.69, 9.17) is 4.74 Å². The maximum absolute atomic E-state index is 11.1. The largest absolute Gasteiger partial charge is 0.504 e. The van der Waals surface area contributed by atoms with E-state index in [2.05, 4.69) is 0 Å². The van der Waals surface area contributed by atoms with Gasteiger partial charge in [-0.25, -0.2) is 0 Å². The first-order valence-corrected chi connectivity index (χ1v) is 3.94. The second kappa shape index (κ2) is 3.47. The number of aryl methyl sites for hydroxylation is 1. The number of ether oxygens (including phenoxy) is 1. The molecule has 0 aliphatic carbocycles. The lowest BCUT2D eigenvalue weighted by Gasteiger charge is -2.07. The normalized spacial score (nSPS) is 9.77. The number of phenols is 1. The van der Waals surface area contributed by atoms with E-state index >= 15 is 0 Å². The number of hydrogen-bond donors (Lipinski definition) is 1. The number of phenolic OH excluding ortho intramolecular Hbond substituents is 1. The van der Waals surface area contributed by atoms with Crippen LogP contribution >= 0.6 is 0 Å². The SMILES string of the molecule is COc1cc(C)cc(C(C)=O)c1O. The van der Waals surface area contributed by atoms with Gasteiger partial charge in [-0.1, -0.05) is 0 Å². The van der Waals surface area contributed by atoms with Crippen molar-refractivity contribution < 1.29 is 14.6 Å². The molecule has 1 N–H and O–H groups in total. The Balaban J connectivity index is 3.35. The first-order valence-electron chi connectivity index (χ1n) is 3.94. The highest BCUT2D eigenvalue weighted by Crippen LogP contribution is 2.31. The third-order valence-electron chi connectivity index (χ3n) is 1.82. The van der Waals surface area contributed by atoms with Gasteiger partial charge in [0.25, 0.3) is 0 Å². The van der Waals surface area contributed by atoms with E-state index in [9.17, 15) is 9.90 Å². The molecule has 0 radical (unpaired) electrons. The fourth-order valence-electron chi connectivity index (χ4n) is 1.17. The molecule has 0 unspecified atom stereocenters. The fraction of sp³-hybridized carbons (Fsp3) is 0.300. The van der Waals surface area contributed by atoms with Gasteiger partial charge in [-0.3, -0.25) is 4.79 Å². The smallest absolute Gasteiger partial charge is 0.168 e. The molecule has 0 atom stereocenters. The van der Waals surface area contributed by atoms with Gasteiger partial charge in [-0.15, -0.1) is 0 Å². The second-order valence-electron chi connectivity index (χ2n) is 2.92. The molecular formula is C10H12O3. The number of Topliss-reactive ketones (excluding diaryl/α,β-unsaturated/α-hetero) is 1. The Labute approximate surface area is 77.0 Å². The monoisotopic (exact) mass is 180 g/mol. The molecule has 70 valence electrons. The van der Waals surface area contributed by atoms with Gasteiger partial charge in [0, 0.05) is 0 Å². The van der Waals surface area contributed by atoms with Crippen molar-refractivity contribution in [2.45, 2.75) is 13.8 Å². The molecule has 0 bridgehead atoms. The van der Waals surface area contributed by atoms with Crippen molar-refractivity contribution in [3.63, 3.8) is 0 Å². The predicted octanol–water partition coefficient (Wildman–Crippen LogP) is 1.91. The zero-order valence-corrected chi connectivity index (χ0v) is 7.92. The van der Waals surface area contributed by atoms with Crippen LogP contribution < -0.4 is 4.74 Å².